The molecule has 2 fully saturated rings. The third-order valence-electron chi connectivity index (χ3n) is 6.47. The van der Waals surface area contributed by atoms with Crippen molar-refractivity contribution in [3.63, 3.8) is 0 Å². The van der Waals surface area contributed by atoms with Gasteiger partial charge in [0.05, 0.1) is 12.2 Å². The van der Waals surface area contributed by atoms with Gasteiger partial charge in [-0.25, -0.2) is 8.78 Å². The lowest BCUT2D eigenvalue weighted by Crippen LogP contribution is -2.25. The number of hydrogen-bond donors (Lipinski definition) is 2. The summed E-state index contributed by atoms with van der Waals surface area (Å²) < 4.78 is 35.2. The van der Waals surface area contributed by atoms with Crippen LogP contribution in [0.2, 0.25) is 0 Å². The van der Waals surface area contributed by atoms with Crippen LogP contribution in [0, 0.1) is 17.8 Å². The molecule has 1 saturated carbocycles. The predicted molar refractivity (Wildman–Crippen MR) is 110 cm³/mol. The Morgan fingerprint density at radius 1 is 1.27 bits per heavy atom. The van der Waals surface area contributed by atoms with Crippen LogP contribution in [0.3, 0.4) is 0 Å². The third kappa shape index (κ3) is 6.35. The van der Waals surface area contributed by atoms with E-state index in [1.54, 1.807) is 0 Å². The molecule has 4 nitrogen and oxygen atoms in total. The molecule has 2 N–H and O–H groups in total. The molecule has 1 aliphatic heterocycles. The molecule has 0 amide bonds. The van der Waals surface area contributed by atoms with Crippen molar-refractivity contribution in [2.24, 2.45) is 17.8 Å². The van der Waals surface area contributed by atoms with E-state index in [2.05, 4.69) is 0 Å². The van der Waals surface area contributed by atoms with E-state index in [1.165, 1.54) is 12.2 Å². The quantitative estimate of drug-likeness (QED) is 0.558. The van der Waals surface area contributed by atoms with Crippen molar-refractivity contribution in [3.8, 4) is 0 Å². The smallest absolute Gasteiger partial charge is 0.303 e. The number of alkyl halides is 2. The summed E-state index contributed by atoms with van der Waals surface area (Å²) in [6.45, 7) is 0.424. The third-order valence-corrected chi connectivity index (χ3v) is 6.47. The van der Waals surface area contributed by atoms with Crippen molar-refractivity contribution >= 4 is 5.97 Å². The molecule has 0 aromatic heterocycles. The number of fused-ring (bicyclic) bond motifs is 1. The van der Waals surface area contributed by atoms with Crippen molar-refractivity contribution in [3.05, 3.63) is 48.0 Å². The number of carboxylic acids is 1. The summed E-state index contributed by atoms with van der Waals surface area (Å²) in [6.07, 6.45) is 5.61. The second-order valence-corrected chi connectivity index (χ2v) is 8.73. The van der Waals surface area contributed by atoms with Gasteiger partial charge >= 0.3 is 5.97 Å². The maximum atomic E-state index is 14.7. The van der Waals surface area contributed by atoms with E-state index in [0.29, 0.717) is 32.3 Å². The highest BCUT2D eigenvalue weighted by Gasteiger charge is 2.55. The first kappa shape index (κ1) is 22.9. The summed E-state index contributed by atoms with van der Waals surface area (Å²) in [5.74, 6) is -4.60. The van der Waals surface area contributed by atoms with Gasteiger partial charge in [-0.2, -0.15) is 0 Å². The van der Waals surface area contributed by atoms with E-state index >= 15 is 0 Å². The van der Waals surface area contributed by atoms with E-state index in [9.17, 15) is 18.7 Å². The molecule has 1 aliphatic carbocycles. The van der Waals surface area contributed by atoms with Gasteiger partial charge in [-0.3, -0.25) is 4.79 Å². The van der Waals surface area contributed by atoms with Crippen molar-refractivity contribution < 1.29 is 28.5 Å². The van der Waals surface area contributed by atoms with Crippen molar-refractivity contribution in [1.82, 2.24) is 0 Å². The van der Waals surface area contributed by atoms with Gasteiger partial charge in [0.2, 0.25) is 0 Å². The van der Waals surface area contributed by atoms with Gasteiger partial charge in [0.25, 0.3) is 5.92 Å². The van der Waals surface area contributed by atoms with E-state index in [0.717, 1.165) is 18.4 Å². The highest BCUT2D eigenvalue weighted by atomic mass is 19.3. The average Bonchev–Trinajstić information content (AvgIpc) is 2.82. The highest BCUT2D eigenvalue weighted by molar-refractivity contribution is 5.66. The Bertz CT molecular complexity index is 706. The molecular weight excluding hydrogens is 390 g/mol. The predicted octanol–water partition coefficient (Wildman–Crippen LogP) is 4.86. The number of ether oxygens (including phenoxy) is 1. The maximum absolute atomic E-state index is 14.7. The highest BCUT2D eigenvalue weighted by Crippen LogP contribution is 2.50. The number of aliphatic carboxylic acids is 1. The number of halogens is 2. The van der Waals surface area contributed by atoms with Crippen LogP contribution in [0.4, 0.5) is 8.78 Å². The largest absolute Gasteiger partial charge is 0.481 e. The molecule has 1 aromatic rings. The topological polar surface area (TPSA) is 66.8 Å². The summed E-state index contributed by atoms with van der Waals surface area (Å²) in [6, 6.07) is 9.79. The molecular formula is C24H32F2O4. The maximum Gasteiger partial charge on any atom is 0.303 e. The Morgan fingerprint density at radius 3 is 2.77 bits per heavy atom. The second kappa shape index (κ2) is 10.5. The molecule has 5 atom stereocenters. The van der Waals surface area contributed by atoms with Crippen LogP contribution in [-0.2, 0) is 16.0 Å². The van der Waals surface area contributed by atoms with Gasteiger partial charge in [-0.1, -0.05) is 42.5 Å². The molecule has 0 spiro atoms. The number of aryl methyl sites for hydroxylation is 1. The average molecular weight is 423 g/mol. The SMILES string of the molecule is O=C(O)CCC[C@H]1CC[C@H]2[C@H](CC(F)(F)[C@@H]2C=CC(O)CCc2ccccc2)OC1. The number of hydrogen-bond acceptors (Lipinski definition) is 3. The summed E-state index contributed by atoms with van der Waals surface area (Å²) in [5, 5.41) is 19.1. The fourth-order valence-corrected chi connectivity index (χ4v) is 4.78. The van der Waals surface area contributed by atoms with Crippen molar-refractivity contribution in [1.29, 1.82) is 0 Å². The summed E-state index contributed by atoms with van der Waals surface area (Å²) in [5.41, 5.74) is 1.11. The molecule has 166 valence electrons. The van der Waals surface area contributed by atoms with Crippen LogP contribution in [0.15, 0.2) is 42.5 Å². The Balaban J connectivity index is 1.54. The number of aliphatic hydroxyl groups is 1. The zero-order valence-electron chi connectivity index (χ0n) is 17.3. The molecule has 1 saturated heterocycles. The first-order valence-corrected chi connectivity index (χ1v) is 11.0. The monoisotopic (exact) mass is 422 g/mol. The molecule has 2 aliphatic rings. The molecule has 1 unspecified atom stereocenters. The molecule has 3 rings (SSSR count). The summed E-state index contributed by atoms with van der Waals surface area (Å²) in [7, 11) is 0. The fourth-order valence-electron chi connectivity index (χ4n) is 4.78. The van der Waals surface area contributed by atoms with Crippen LogP contribution in [0.25, 0.3) is 0 Å². The molecule has 0 bridgehead atoms. The lowest BCUT2D eigenvalue weighted by Gasteiger charge is -2.22. The van der Waals surface area contributed by atoms with Gasteiger partial charge in [-0.05, 0) is 55.9 Å². The van der Waals surface area contributed by atoms with Gasteiger partial charge in [-0.15, -0.1) is 0 Å². The zero-order chi connectivity index (χ0) is 21.6. The minimum absolute atomic E-state index is 0.133. The second-order valence-electron chi connectivity index (χ2n) is 8.73. The van der Waals surface area contributed by atoms with Crippen molar-refractivity contribution in [2.75, 3.05) is 6.61 Å². The molecule has 0 radical (unpaired) electrons. The normalized spacial score (nSPS) is 29.4. The zero-order valence-corrected chi connectivity index (χ0v) is 17.3. The minimum atomic E-state index is -2.83. The van der Waals surface area contributed by atoms with Gasteiger partial charge in [0.1, 0.15) is 0 Å². The van der Waals surface area contributed by atoms with E-state index in [-0.39, 0.29) is 24.7 Å². The standard InChI is InChI=1S/C24H32F2O4/c25-24(26)15-22-20(13-10-18(16-30-22)7-4-8-23(28)29)21(24)14-12-19(27)11-9-17-5-2-1-3-6-17/h1-3,5-6,12,14,18-22,27H,4,7-11,13,15-16H2,(H,28,29)/t18-,19?,20+,21+,22-/m0/s1. The Kier molecular flexibility index (Phi) is 8.00. The van der Waals surface area contributed by atoms with Crippen molar-refractivity contribution in [2.45, 2.75) is 69.5 Å². The summed E-state index contributed by atoms with van der Waals surface area (Å²) >= 11 is 0. The lowest BCUT2D eigenvalue weighted by molar-refractivity contribution is -0.137. The van der Waals surface area contributed by atoms with E-state index in [1.807, 2.05) is 30.3 Å². The van der Waals surface area contributed by atoms with Crippen LogP contribution in [0.1, 0.15) is 50.5 Å². The molecule has 6 heteroatoms. The first-order chi connectivity index (χ1) is 14.3. The van der Waals surface area contributed by atoms with E-state index < -0.39 is 30.0 Å². The number of allylic oxidation sites excluding steroid dienone is 1. The minimum Gasteiger partial charge on any atom is -0.481 e. The molecule has 1 heterocycles. The Labute approximate surface area is 176 Å². The van der Waals surface area contributed by atoms with E-state index in [4.69, 9.17) is 9.84 Å². The Morgan fingerprint density at radius 2 is 2.03 bits per heavy atom. The van der Waals surface area contributed by atoms with Crippen LogP contribution >= 0.6 is 0 Å². The van der Waals surface area contributed by atoms with Gasteiger partial charge in [0, 0.05) is 25.4 Å². The lowest BCUT2D eigenvalue weighted by atomic mass is 9.86. The molecule has 30 heavy (non-hydrogen) atoms. The number of benzene rings is 1. The number of aliphatic hydroxyl groups excluding tert-OH is 1. The summed E-state index contributed by atoms with van der Waals surface area (Å²) in [4.78, 5) is 10.7. The number of carboxylic acid groups (broad SMARTS) is 1. The molecule has 1 aromatic carbocycles. The first-order valence-electron chi connectivity index (χ1n) is 11.0. The fraction of sp³-hybridized carbons (Fsp3) is 0.625. The number of carbonyl (C=O) groups is 1. The number of rotatable bonds is 9. The van der Waals surface area contributed by atoms with Crippen LogP contribution in [-0.4, -0.2) is 40.9 Å². The van der Waals surface area contributed by atoms with Crippen LogP contribution in [0.5, 0.6) is 0 Å². The van der Waals surface area contributed by atoms with Gasteiger partial charge < -0.3 is 14.9 Å². The van der Waals surface area contributed by atoms with Gasteiger partial charge in [0.15, 0.2) is 0 Å². The Hall–Kier alpha value is -1.79. The van der Waals surface area contributed by atoms with Crippen LogP contribution < -0.4 is 0 Å².